The maximum atomic E-state index is 12.9. The highest BCUT2D eigenvalue weighted by atomic mass is 35.5. The van der Waals surface area contributed by atoms with Gasteiger partial charge in [-0.2, -0.15) is 0 Å². The lowest BCUT2D eigenvalue weighted by molar-refractivity contribution is -0.127. The van der Waals surface area contributed by atoms with Crippen LogP contribution in [0.25, 0.3) is 17.4 Å². The molecule has 10 heteroatoms. The number of thioether (sulfide) groups is 1. The van der Waals surface area contributed by atoms with Crippen LogP contribution >= 0.6 is 23.4 Å². The number of aryl methyl sites for hydroxylation is 2. The van der Waals surface area contributed by atoms with Crippen LogP contribution in [-0.4, -0.2) is 41.1 Å². The molecule has 3 aromatic rings. The zero-order valence-electron chi connectivity index (χ0n) is 20.3. The van der Waals surface area contributed by atoms with Crippen molar-refractivity contribution in [3.63, 3.8) is 0 Å². The summed E-state index contributed by atoms with van der Waals surface area (Å²) in [4.78, 5) is 51.1. The van der Waals surface area contributed by atoms with Gasteiger partial charge in [0, 0.05) is 17.3 Å². The zero-order chi connectivity index (χ0) is 26.7. The molecular formula is C27H23ClN2O6S. The maximum Gasteiger partial charge on any atom is 0.339 e. The highest BCUT2D eigenvalue weighted by Gasteiger charge is 2.36. The Balaban J connectivity index is 1.48. The number of carbonyl (C=O) groups excluding carboxylic acids is 4. The van der Waals surface area contributed by atoms with Crippen LogP contribution in [0.5, 0.6) is 0 Å². The second-order valence-corrected chi connectivity index (χ2v) is 9.60. The van der Waals surface area contributed by atoms with Crippen LogP contribution < -0.4 is 5.32 Å². The van der Waals surface area contributed by atoms with E-state index in [2.05, 4.69) is 5.32 Å². The van der Waals surface area contributed by atoms with Crippen LogP contribution in [0.2, 0.25) is 5.02 Å². The Morgan fingerprint density at radius 2 is 1.84 bits per heavy atom. The quantitative estimate of drug-likeness (QED) is 0.287. The van der Waals surface area contributed by atoms with Gasteiger partial charge in [0.1, 0.15) is 18.1 Å². The smallest absolute Gasteiger partial charge is 0.339 e. The fourth-order valence-corrected chi connectivity index (χ4v) is 4.74. The van der Waals surface area contributed by atoms with Gasteiger partial charge in [0.15, 0.2) is 0 Å². The van der Waals surface area contributed by atoms with Gasteiger partial charge in [-0.25, -0.2) is 4.79 Å². The molecule has 2 heterocycles. The molecule has 190 valence electrons. The van der Waals surface area contributed by atoms with E-state index in [1.807, 2.05) is 32.0 Å². The van der Waals surface area contributed by atoms with Crippen molar-refractivity contribution in [2.24, 2.45) is 0 Å². The molecule has 4 rings (SSSR count). The van der Waals surface area contributed by atoms with Crippen LogP contribution in [0.1, 0.15) is 34.2 Å². The lowest BCUT2D eigenvalue weighted by Crippen LogP contribution is -2.36. The summed E-state index contributed by atoms with van der Waals surface area (Å²) in [6.45, 7) is 5.25. The first-order chi connectivity index (χ1) is 17.7. The number of nitrogens with zero attached hydrogens (tertiary/aromatic N) is 1. The van der Waals surface area contributed by atoms with E-state index in [4.69, 9.17) is 20.8 Å². The van der Waals surface area contributed by atoms with Crippen LogP contribution in [0.15, 0.2) is 57.9 Å². The number of rotatable bonds is 7. The molecule has 1 fully saturated rings. The van der Waals surface area contributed by atoms with Crippen molar-refractivity contribution in [1.82, 2.24) is 4.90 Å². The summed E-state index contributed by atoms with van der Waals surface area (Å²) in [5.74, 6) is -0.840. The number of furan rings is 1. The molecule has 8 nitrogen and oxygen atoms in total. The number of esters is 1. The summed E-state index contributed by atoms with van der Waals surface area (Å²) in [6.07, 6.45) is 1.44. The predicted octanol–water partition coefficient (Wildman–Crippen LogP) is 6.07. The number of benzene rings is 2. The molecule has 2 aromatic carbocycles. The summed E-state index contributed by atoms with van der Waals surface area (Å²) in [7, 11) is 0. The van der Waals surface area contributed by atoms with E-state index < -0.39 is 29.6 Å². The van der Waals surface area contributed by atoms with E-state index in [0.717, 1.165) is 27.8 Å². The van der Waals surface area contributed by atoms with Crippen LogP contribution in [-0.2, 0) is 14.3 Å². The standard InChI is InChI=1S/C27H23ClN2O6S/c1-4-35-26(33)19-12-17(8-10-20(19)28)21-11-9-18(36-21)13-22-25(32)30(27(34)37-22)14-23(31)29-24-15(2)6-5-7-16(24)3/h5-13H,4,14H2,1-3H3,(H,29,31)/b22-13+. The van der Waals surface area contributed by atoms with Crippen molar-refractivity contribution in [3.05, 3.63) is 80.9 Å². The molecule has 1 saturated heterocycles. The Labute approximate surface area is 222 Å². The van der Waals surface area contributed by atoms with Gasteiger partial charge in [-0.3, -0.25) is 19.3 Å². The van der Waals surface area contributed by atoms with Gasteiger partial charge in [-0.15, -0.1) is 0 Å². The van der Waals surface area contributed by atoms with Crippen molar-refractivity contribution in [2.45, 2.75) is 20.8 Å². The number of imide groups is 1. The predicted molar refractivity (Wildman–Crippen MR) is 142 cm³/mol. The van der Waals surface area contributed by atoms with Crippen LogP contribution in [0.4, 0.5) is 10.5 Å². The summed E-state index contributed by atoms with van der Waals surface area (Å²) >= 11 is 6.86. The molecule has 0 spiro atoms. The highest BCUT2D eigenvalue weighted by molar-refractivity contribution is 8.18. The van der Waals surface area contributed by atoms with E-state index in [0.29, 0.717) is 22.8 Å². The zero-order valence-corrected chi connectivity index (χ0v) is 21.9. The van der Waals surface area contributed by atoms with Crippen molar-refractivity contribution >= 4 is 58.1 Å². The monoisotopic (exact) mass is 538 g/mol. The number of hydrogen-bond acceptors (Lipinski definition) is 7. The average molecular weight is 539 g/mol. The third-order valence-electron chi connectivity index (χ3n) is 5.57. The number of para-hydroxylation sites is 1. The van der Waals surface area contributed by atoms with Gasteiger partial charge >= 0.3 is 5.97 Å². The van der Waals surface area contributed by atoms with Gasteiger partial charge in [0.2, 0.25) is 5.91 Å². The van der Waals surface area contributed by atoms with Crippen molar-refractivity contribution < 1.29 is 28.3 Å². The number of amides is 3. The van der Waals surface area contributed by atoms with E-state index in [1.54, 1.807) is 37.3 Å². The van der Waals surface area contributed by atoms with Gasteiger partial charge < -0.3 is 14.5 Å². The molecule has 3 amide bonds. The molecule has 0 radical (unpaired) electrons. The van der Waals surface area contributed by atoms with E-state index in [-0.39, 0.29) is 22.1 Å². The fourth-order valence-electron chi connectivity index (χ4n) is 3.73. The summed E-state index contributed by atoms with van der Waals surface area (Å²) in [6, 6.07) is 13.7. The third-order valence-corrected chi connectivity index (χ3v) is 6.80. The average Bonchev–Trinajstić information content (AvgIpc) is 3.42. The normalized spacial score (nSPS) is 14.4. The SMILES string of the molecule is CCOC(=O)c1cc(-c2ccc(/C=C3/SC(=O)N(CC(=O)Nc4c(C)cccc4C)C3=O)o2)ccc1Cl. The second-order valence-electron chi connectivity index (χ2n) is 8.20. The molecule has 0 atom stereocenters. The minimum atomic E-state index is -0.583. The molecular weight excluding hydrogens is 516 g/mol. The Morgan fingerprint density at radius 3 is 2.54 bits per heavy atom. The first-order valence-electron chi connectivity index (χ1n) is 11.4. The first kappa shape index (κ1) is 26.2. The van der Waals surface area contributed by atoms with Crippen molar-refractivity contribution in [3.8, 4) is 11.3 Å². The second kappa shape index (κ2) is 11.1. The lowest BCUT2D eigenvalue weighted by atomic mass is 10.1. The number of anilines is 1. The Bertz CT molecular complexity index is 1420. The van der Waals surface area contributed by atoms with Crippen LogP contribution in [0.3, 0.4) is 0 Å². The van der Waals surface area contributed by atoms with E-state index >= 15 is 0 Å². The van der Waals surface area contributed by atoms with Gasteiger partial charge in [0.05, 0.1) is 22.1 Å². The number of halogens is 1. The highest BCUT2D eigenvalue weighted by Crippen LogP contribution is 2.34. The van der Waals surface area contributed by atoms with Gasteiger partial charge in [0.25, 0.3) is 11.1 Å². The summed E-state index contributed by atoms with van der Waals surface area (Å²) in [5.41, 5.74) is 3.21. The minimum absolute atomic E-state index is 0.133. The molecule has 37 heavy (non-hydrogen) atoms. The van der Waals surface area contributed by atoms with Gasteiger partial charge in [-0.1, -0.05) is 29.8 Å². The van der Waals surface area contributed by atoms with Gasteiger partial charge in [-0.05, 0) is 74.0 Å². The van der Waals surface area contributed by atoms with E-state index in [9.17, 15) is 19.2 Å². The largest absolute Gasteiger partial charge is 0.462 e. The Morgan fingerprint density at radius 1 is 1.11 bits per heavy atom. The molecule has 1 aromatic heterocycles. The summed E-state index contributed by atoms with van der Waals surface area (Å²) in [5, 5.41) is 2.49. The number of nitrogens with one attached hydrogen (secondary N) is 1. The molecule has 0 bridgehead atoms. The van der Waals surface area contributed by atoms with Crippen LogP contribution in [0, 0.1) is 13.8 Å². The number of hydrogen-bond donors (Lipinski definition) is 1. The first-order valence-corrected chi connectivity index (χ1v) is 12.6. The topological polar surface area (TPSA) is 106 Å². The maximum absolute atomic E-state index is 12.9. The lowest BCUT2D eigenvalue weighted by Gasteiger charge is -2.15. The minimum Gasteiger partial charge on any atom is -0.462 e. The number of carbonyl (C=O) groups is 4. The molecule has 0 aliphatic carbocycles. The number of ether oxygens (including phenoxy) is 1. The molecule has 1 aliphatic heterocycles. The van der Waals surface area contributed by atoms with E-state index in [1.165, 1.54) is 6.08 Å². The summed E-state index contributed by atoms with van der Waals surface area (Å²) < 4.78 is 10.9. The molecule has 0 saturated carbocycles. The fraction of sp³-hybridized carbons (Fsp3) is 0.185. The van der Waals surface area contributed by atoms with Crippen molar-refractivity contribution in [1.29, 1.82) is 0 Å². The van der Waals surface area contributed by atoms with Crippen molar-refractivity contribution in [2.75, 3.05) is 18.5 Å². The molecule has 1 N–H and O–H groups in total. The third kappa shape index (κ3) is 5.79. The molecule has 0 unspecified atom stereocenters. The molecule has 1 aliphatic rings. The Kier molecular flexibility index (Phi) is 7.85. The Hall–Kier alpha value is -3.82.